The number of piperazine rings is 1. The van der Waals surface area contributed by atoms with E-state index in [9.17, 15) is 9.59 Å². The Hall–Kier alpha value is -2.48. The maximum Gasteiger partial charge on any atom is 0.308 e. The van der Waals surface area contributed by atoms with Gasteiger partial charge in [0.15, 0.2) is 0 Å². The van der Waals surface area contributed by atoms with Crippen LogP contribution in [0.15, 0.2) is 36.4 Å². The number of carbonyl (C=O) groups excluding carboxylic acids is 2. The number of halogens is 2. The van der Waals surface area contributed by atoms with Crippen LogP contribution in [0.5, 0.6) is 5.75 Å². The number of hydrogen-bond donors (Lipinski definition) is 1. The molecule has 2 fully saturated rings. The number of esters is 1. The largest absolute Gasteiger partial charge is 0.494 e. The summed E-state index contributed by atoms with van der Waals surface area (Å²) in [6.07, 6.45) is 6.55. The van der Waals surface area contributed by atoms with Crippen molar-refractivity contribution in [1.82, 2.24) is 4.90 Å². The van der Waals surface area contributed by atoms with E-state index < -0.39 is 0 Å². The zero-order chi connectivity index (χ0) is 27.2. The molecule has 1 atom stereocenters. The van der Waals surface area contributed by atoms with E-state index in [2.05, 4.69) is 15.1 Å². The van der Waals surface area contributed by atoms with Gasteiger partial charge in [0.2, 0.25) is 5.91 Å². The van der Waals surface area contributed by atoms with Gasteiger partial charge in [-0.05, 0) is 62.4 Å². The lowest BCUT2D eigenvalue weighted by Gasteiger charge is -2.36. The Morgan fingerprint density at radius 2 is 1.82 bits per heavy atom. The molecule has 2 aromatic rings. The third kappa shape index (κ3) is 7.19. The van der Waals surface area contributed by atoms with Crippen LogP contribution in [-0.4, -0.2) is 62.7 Å². The smallest absolute Gasteiger partial charge is 0.308 e. The fourth-order valence-electron chi connectivity index (χ4n) is 5.71. The minimum absolute atomic E-state index is 0.00758. The minimum Gasteiger partial charge on any atom is -0.494 e. The average molecular weight is 575 g/mol. The summed E-state index contributed by atoms with van der Waals surface area (Å²) < 4.78 is 11.5. The van der Waals surface area contributed by atoms with Crippen LogP contribution in [0.3, 0.4) is 0 Å². The molecule has 1 N–H and O–H groups in total. The van der Waals surface area contributed by atoms with Gasteiger partial charge in [0.25, 0.3) is 0 Å². The van der Waals surface area contributed by atoms with Crippen LogP contribution in [0.4, 0.5) is 11.4 Å². The minimum atomic E-state index is -0.348. The lowest BCUT2D eigenvalue weighted by atomic mass is 9.93. The monoisotopic (exact) mass is 573 g/mol. The first-order chi connectivity index (χ1) is 19.0. The molecule has 3 aliphatic rings. The predicted octanol–water partition coefficient (Wildman–Crippen LogP) is 5.82. The van der Waals surface area contributed by atoms with Crippen LogP contribution in [0, 0.1) is 11.8 Å². The Morgan fingerprint density at radius 3 is 2.62 bits per heavy atom. The molecule has 0 radical (unpaired) electrons. The molecule has 210 valence electrons. The summed E-state index contributed by atoms with van der Waals surface area (Å²) in [7, 11) is 0. The molecule has 2 aromatic carbocycles. The van der Waals surface area contributed by atoms with Crippen LogP contribution in [0.1, 0.15) is 44.1 Å². The van der Waals surface area contributed by atoms with Crippen molar-refractivity contribution < 1.29 is 19.1 Å². The number of anilines is 2. The second-order valence-electron chi connectivity index (χ2n) is 10.8. The highest BCUT2D eigenvalue weighted by Gasteiger charge is 2.30. The van der Waals surface area contributed by atoms with E-state index in [4.69, 9.17) is 32.7 Å². The van der Waals surface area contributed by atoms with E-state index in [0.29, 0.717) is 23.1 Å². The Kier molecular flexibility index (Phi) is 9.53. The molecule has 2 heterocycles. The summed E-state index contributed by atoms with van der Waals surface area (Å²) in [6, 6.07) is 11.6. The molecule has 2 aliphatic heterocycles. The first-order valence-electron chi connectivity index (χ1n) is 14.1. The van der Waals surface area contributed by atoms with E-state index in [1.54, 1.807) is 0 Å². The van der Waals surface area contributed by atoms with Gasteiger partial charge in [0, 0.05) is 37.9 Å². The summed E-state index contributed by atoms with van der Waals surface area (Å²) in [5.74, 6) is 0.163. The summed E-state index contributed by atoms with van der Waals surface area (Å²) in [6.45, 7) is 5.66. The van der Waals surface area contributed by atoms with Crippen LogP contribution in [0.2, 0.25) is 10.0 Å². The van der Waals surface area contributed by atoms with E-state index >= 15 is 0 Å². The van der Waals surface area contributed by atoms with Gasteiger partial charge in [0.1, 0.15) is 12.4 Å². The number of ether oxygens (including phenoxy) is 2. The number of carbonyl (C=O) groups is 2. The number of rotatable bonds is 10. The van der Waals surface area contributed by atoms with Gasteiger partial charge >= 0.3 is 5.97 Å². The van der Waals surface area contributed by atoms with Gasteiger partial charge < -0.3 is 19.7 Å². The first kappa shape index (κ1) is 28.1. The lowest BCUT2D eigenvalue weighted by molar-refractivity contribution is -0.150. The molecule has 1 saturated carbocycles. The van der Waals surface area contributed by atoms with Crippen LogP contribution in [-0.2, 0) is 20.7 Å². The van der Waals surface area contributed by atoms with E-state index in [1.807, 2.05) is 36.4 Å². The molecule has 1 saturated heterocycles. The molecule has 0 spiro atoms. The van der Waals surface area contributed by atoms with Gasteiger partial charge in [-0.1, -0.05) is 48.2 Å². The van der Waals surface area contributed by atoms with Crippen molar-refractivity contribution in [1.29, 1.82) is 0 Å². The van der Waals surface area contributed by atoms with Crippen molar-refractivity contribution in [2.24, 2.45) is 11.8 Å². The Labute approximate surface area is 240 Å². The van der Waals surface area contributed by atoms with E-state index in [1.165, 1.54) is 0 Å². The normalized spacial score (nSPS) is 20.0. The number of amides is 1. The van der Waals surface area contributed by atoms with Crippen molar-refractivity contribution in [3.05, 3.63) is 52.0 Å². The maximum absolute atomic E-state index is 12.6. The highest BCUT2D eigenvalue weighted by atomic mass is 35.5. The van der Waals surface area contributed by atoms with Crippen molar-refractivity contribution in [3.63, 3.8) is 0 Å². The quantitative estimate of drug-likeness (QED) is 0.285. The van der Waals surface area contributed by atoms with Gasteiger partial charge in [-0.3, -0.25) is 14.5 Å². The first-order valence-corrected chi connectivity index (χ1v) is 14.9. The summed E-state index contributed by atoms with van der Waals surface area (Å²) in [4.78, 5) is 29.6. The molecule has 9 heteroatoms. The number of hydrogen-bond acceptors (Lipinski definition) is 6. The van der Waals surface area contributed by atoms with Gasteiger partial charge in [0.05, 0.1) is 34.2 Å². The zero-order valence-electron chi connectivity index (χ0n) is 22.3. The van der Waals surface area contributed by atoms with Crippen molar-refractivity contribution >= 4 is 46.5 Å². The van der Waals surface area contributed by atoms with Crippen LogP contribution in [0.25, 0.3) is 0 Å². The predicted molar refractivity (Wildman–Crippen MR) is 155 cm³/mol. The fraction of sp³-hybridized carbons (Fsp3) is 0.533. The number of nitrogens with one attached hydrogen (secondary N) is 1. The Bertz CT molecular complexity index is 1160. The number of nitrogens with zero attached hydrogens (tertiary/aromatic N) is 2. The van der Waals surface area contributed by atoms with Gasteiger partial charge in [-0.25, -0.2) is 0 Å². The maximum atomic E-state index is 12.6. The molecule has 39 heavy (non-hydrogen) atoms. The molecule has 7 nitrogen and oxygen atoms in total. The van der Waals surface area contributed by atoms with Gasteiger partial charge in [-0.2, -0.15) is 0 Å². The summed E-state index contributed by atoms with van der Waals surface area (Å²) in [5.41, 5.74) is 2.84. The van der Waals surface area contributed by atoms with E-state index in [0.717, 1.165) is 93.9 Å². The molecule has 0 bridgehead atoms. The number of fused-ring (bicyclic) bond motifs is 1. The topological polar surface area (TPSA) is 71.1 Å². The standard InChI is InChI=1S/C30H37Cl2N3O4/c31-25-8-5-9-27(28(25)32)35-15-13-34(14-16-35)12-3-4-17-38-24-11-10-22-18-23(29(36)33-26(22)19-24)20-39-30(37)21-6-1-2-7-21/h5,8-11,19,21,23H,1-4,6-7,12-18,20H2,(H,33,36). The van der Waals surface area contributed by atoms with Crippen molar-refractivity contribution in [2.45, 2.75) is 44.9 Å². The Morgan fingerprint density at radius 1 is 1.03 bits per heavy atom. The average Bonchev–Trinajstić information content (AvgIpc) is 3.49. The second-order valence-corrected chi connectivity index (χ2v) is 11.6. The van der Waals surface area contributed by atoms with E-state index in [-0.39, 0.29) is 30.3 Å². The lowest BCUT2D eigenvalue weighted by Crippen LogP contribution is -2.46. The third-order valence-electron chi connectivity index (χ3n) is 8.07. The van der Waals surface area contributed by atoms with Gasteiger partial charge in [-0.15, -0.1) is 0 Å². The molecular formula is C30H37Cl2N3O4. The second kappa shape index (κ2) is 13.2. The zero-order valence-corrected chi connectivity index (χ0v) is 23.8. The highest BCUT2D eigenvalue weighted by molar-refractivity contribution is 6.43. The molecule has 1 amide bonds. The molecule has 0 aromatic heterocycles. The third-order valence-corrected chi connectivity index (χ3v) is 8.88. The number of benzene rings is 2. The number of unbranched alkanes of at least 4 members (excludes halogenated alkanes) is 1. The molecule has 1 unspecified atom stereocenters. The highest BCUT2D eigenvalue weighted by Crippen LogP contribution is 2.33. The molecular weight excluding hydrogens is 537 g/mol. The SMILES string of the molecule is O=C1Nc2cc(OCCCCN3CCN(c4cccc(Cl)c4Cl)CC3)ccc2CC1COC(=O)C1CCCC1. The molecule has 5 rings (SSSR count). The van der Waals surface area contributed by atoms with Crippen molar-refractivity contribution in [3.8, 4) is 5.75 Å². The van der Waals surface area contributed by atoms with Crippen LogP contribution >= 0.6 is 23.2 Å². The summed E-state index contributed by atoms with van der Waals surface area (Å²) in [5, 5.41) is 4.20. The summed E-state index contributed by atoms with van der Waals surface area (Å²) >= 11 is 12.6. The fourth-order valence-corrected chi connectivity index (χ4v) is 6.12. The Balaban J connectivity index is 0.998. The van der Waals surface area contributed by atoms with Crippen molar-refractivity contribution in [2.75, 3.05) is 56.2 Å². The van der Waals surface area contributed by atoms with Crippen LogP contribution < -0.4 is 15.0 Å². The molecule has 1 aliphatic carbocycles.